The van der Waals surface area contributed by atoms with Crippen molar-refractivity contribution in [2.75, 3.05) is 33.8 Å². The van der Waals surface area contributed by atoms with Crippen LogP contribution in [-0.4, -0.2) is 54.7 Å². The minimum atomic E-state index is -0.767. The van der Waals surface area contributed by atoms with Crippen molar-refractivity contribution >= 4 is 23.1 Å². The van der Waals surface area contributed by atoms with Crippen LogP contribution in [0.3, 0.4) is 0 Å². The molecule has 0 aliphatic heterocycles. The first-order chi connectivity index (χ1) is 17.5. The molecule has 0 fully saturated rings. The highest BCUT2D eigenvalue weighted by Gasteiger charge is 2.20. The summed E-state index contributed by atoms with van der Waals surface area (Å²) in [4.78, 5) is 19.7. The van der Waals surface area contributed by atoms with Crippen LogP contribution < -0.4 is 30.0 Å². The maximum Gasteiger partial charge on any atom is 0.241 e. The molecule has 0 spiro atoms. The summed E-state index contributed by atoms with van der Waals surface area (Å²) in [6, 6.07) is 8.47. The Bertz CT molecular complexity index is 1310. The van der Waals surface area contributed by atoms with E-state index in [1.54, 1.807) is 47.0 Å². The van der Waals surface area contributed by atoms with Gasteiger partial charge in [-0.1, -0.05) is 6.07 Å². The van der Waals surface area contributed by atoms with Gasteiger partial charge in [-0.3, -0.25) is 4.79 Å². The quantitative estimate of drug-likeness (QED) is 0.294. The second-order valence-corrected chi connectivity index (χ2v) is 8.41. The lowest BCUT2D eigenvalue weighted by Gasteiger charge is -2.16. The molecule has 0 saturated heterocycles. The molecule has 1 unspecified atom stereocenters. The number of rotatable bonds is 10. The van der Waals surface area contributed by atoms with Crippen molar-refractivity contribution in [2.45, 2.75) is 12.5 Å². The lowest BCUT2D eigenvalue weighted by molar-refractivity contribution is -0.117. The van der Waals surface area contributed by atoms with Gasteiger partial charge in [-0.25, -0.2) is 4.98 Å². The molecule has 36 heavy (non-hydrogen) atoms. The predicted octanol–water partition coefficient (Wildman–Crippen LogP) is 3.74. The number of carbonyl (C=O) groups is 1. The molecular formula is C25H27N5O5S. The van der Waals surface area contributed by atoms with Crippen molar-refractivity contribution in [2.24, 2.45) is 5.73 Å². The summed E-state index contributed by atoms with van der Waals surface area (Å²) in [5, 5.41) is 4.83. The van der Waals surface area contributed by atoms with E-state index in [9.17, 15) is 4.79 Å². The standard InChI is InChI=1S/C25H27N5O5S/c1-32-20-6-5-14(7-19(20)29-25(31)18(26)10-16-11-27-13-28-16)17-12-36-30-23(17)15-8-21(33-2)24(35-4)22(9-15)34-3/h5-9,11-13,18H,10,26H2,1-4H3,(H,27,28)(H,29,31). The fourth-order valence-electron chi connectivity index (χ4n) is 3.79. The molecule has 188 valence electrons. The SMILES string of the molecule is COc1ccc(-c2csnc2-c2cc(OC)c(OC)c(OC)c2)cc1NC(=O)C(N)Cc1cnc[nH]1. The topological polar surface area (TPSA) is 134 Å². The maximum absolute atomic E-state index is 12.8. The number of nitrogens with two attached hydrogens (primary N) is 1. The maximum atomic E-state index is 12.8. The molecule has 4 N–H and O–H groups in total. The summed E-state index contributed by atoms with van der Waals surface area (Å²) in [6.07, 6.45) is 3.52. The van der Waals surface area contributed by atoms with Crippen LogP contribution in [0, 0.1) is 0 Å². The number of carbonyl (C=O) groups excluding carboxylic acids is 1. The van der Waals surface area contributed by atoms with Gasteiger partial charge in [0.2, 0.25) is 11.7 Å². The van der Waals surface area contributed by atoms with Gasteiger partial charge in [0.15, 0.2) is 11.5 Å². The Morgan fingerprint density at radius 3 is 2.36 bits per heavy atom. The van der Waals surface area contributed by atoms with Crippen LogP contribution in [-0.2, 0) is 11.2 Å². The monoisotopic (exact) mass is 509 g/mol. The lowest BCUT2D eigenvalue weighted by Crippen LogP contribution is -2.37. The molecule has 2 aromatic carbocycles. The van der Waals surface area contributed by atoms with E-state index in [4.69, 9.17) is 24.7 Å². The minimum absolute atomic E-state index is 0.327. The van der Waals surface area contributed by atoms with E-state index in [2.05, 4.69) is 19.7 Å². The second-order valence-electron chi connectivity index (χ2n) is 7.78. The average Bonchev–Trinajstić information content (AvgIpc) is 3.60. The van der Waals surface area contributed by atoms with Gasteiger partial charge in [-0.15, -0.1) is 0 Å². The predicted molar refractivity (Wildman–Crippen MR) is 138 cm³/mol. The largest absolute Gasteiger partial charge is 0.495 e. The third-order valence-corrected chi connectivity index (χ3v) is 6.24. The second kappa shape index (κ2) is 11.1. The van der Waals surface area contributed by atoms with E-state index in [0.29, 0.717) is 35.1 Å². The molecule has 2 heterocycles. The highest BCUT2D eigenvalue weighted by atomic mass is 32.1. The van der Waals surface area contributed by atoms with Crippen molar-refractivity contribution < 1.29 is 23.7 Å². The molecule has 0 aliphatic rings. The molecule has 4 rings (SSSR count). The fourth-order valence-corrected chi connectivity index (χ4v) is 4.51. The van der Waals surface area contributed by atoms with Crippen LogP contribution in [0.25, 0.3) is 22.4 Å². The van der Waals surface area contributed by atoms with Crippen LogP contribution in [0.2, 0.25) is 0 Å². The van der Waals surface area contributed by atoms with Gasteiger partial charge in [0.1, 0.15) is 5.75 Å². The number of hydrogen-bond donors (Lipinski definition) is 3. The molecule has 1 amide bonds. The molecule has 4 aromatic rings. The van der Waals surface area contributed by atoms with Gasteiger partial charge in [-0.2, -0.15) is 4.37 Å². The van der Waals surface area contributed by atoms with Gasteiger partial charge in [0.05, 0.1) is 52.2 Å². The first-order valence-electron chi connectivity index (χ1n) is 11.0. The van der Waals surface area contributed by atoms with E-state index in [1.165, 1.54) is 11.5 Å². The number of H-pyrrole nitrogens is 1. The molecule has 1 atom stereocenters. The van der Waals surface area contributed by atoms with Gasteiger partial charge in [0.25, 0.3) is 0 Å². The number of aromatic amines is 1. The summed E-state index contributed by atoms with van der Waals surface area (Å²) in [6.45, 7) is 0. The Morgan fingerprint density at radius 2 is 1.75 bits per heavy atom. The zero-order valence-electron chi connectivity index (χ0n) is 20.3. The molecule has 0 aliphatic carbocycles. The van der Waals surface area contributed by atoms with Crippen molar-refractivity contribution in [3.05, 3.63) is 53.9 Å². The number of methoxy groups -OCH3 is 4. The number of amides is 1. The number of imidazole rings is 1. The van der Waals surface area contributed by atoms with E-state index < -0.39 is 6.04 Å². The summed E-state index contributed by atoms with van der Waals surface area (Å²) in [5.41, 5.74) is 10.6. The zero-order valence-corrected chi connectivity index (χ0v) is 21.1. The van der Waals surface area contributed by atoms with Crippen molar-refractivity contribution in [1.29, 1.82) is 0 Å². The number of hydrogen-bond acceptors (Lipinski definition) is 9. The normalized spacial score (nSPS) is 11.6. The van der Waals surface area contributed by atoms with E-state index >= 15 is 0 Å². The van der Waals surface area contributed by atoms with Crippen molar-refractivity contribution in [3.8, 4) is 45.4 Å². The Morgan fingerprint density at radius 1 is 1.03 bits per heavy atom. The number of ether oxygens (including phenoxy) is 4. The molecule has 2 aromatic heterocycles. The van der Waals surface area contributed by atoms with Crippen LogP contribution in [0.5, 0.6) is 23.0 Å². The Labute approximate surface area is 212 Å². The van der Waals surface area contributed by atoms with E-state index in [-0.39, 0.29) is 5.91 Å². The lowest BCUT2D eigenvalue weighted by atomic mass is 10.0. The van der Waals surface area contributed by atoms with Crippen LogP contribution in [0.4, 0.5) is 5.69 Å². The highest BCUT2D eigenvalue weighted by molar-refractivity contribution is 7.04. The van der Waals surface area contributed by atoms with Gasteiger partial charge >= 0.3 is 0 Å². The number of benzene rings is 2. The molecule has 11 heteroatoms. The number of nitrogens with zero attached hydrogens (tertiary/aromatic N) is 2. The first kappa shape index (κ1) is 25.0. The van der Waals surface area contributed by atoms with Crippen LogP contribution >= 0.6 is 11.5 Å². The van der Waals surface area contributed by atoms with Gasteiger partial charge < -0.3 is 35.0 Å². The third kappa shape index (κ3) is 5.11. The van der Waals surface area contributed by atoms with E-state index in [1.807, 2.05) is 29.6 Å². The summed E-state index contributed by atoms with van der Waals surface area (Å²) >= 11 is 1.32. The first-order valence-corrected chi connectivity index (χ1v) is 11.8. The summed E-state index contributed by atoms with van der Waals surface area (Å²) in [5.74, 6) is 1.73. The van der Waals surface area contributed by atoms with Crippen molar-refractivity contribution in [1.82, 2.24) is 14.3 Å². The van der Waals surface area contributed by atoms with Crippen LogP contribution in [0.1, 0.15) is 5.69 Å². The van der Waals surface area contributed by atoms with Gasteiger partial charge in [0, 0.05) is 34.8 Å². The number of aromatic nitrogens is 3. The molecular weight excluding hydrogens is 482 g/mol. The number of anilines is 1. The third-order valence-electron chi connectivity index (χ3n) is 5.61. The van der Waals surface area contributed by atoms with Crippen LogP contribution in [0.15, 0.2) is 48.2 Å². The molecule has 0 radical (unpaired) electrons. The molecule has 0 saturated carbocycles. The Hall–Kier alpha value is -4.09. The fraction of sp³-hybridized carbons (Fsp3) is 0.240. The summed E-state index contributed by atoms with van der Waals surface area (Å²) in [7, 11) is 6.24. The van der Waals surface area contributed by atoms with E-state index in [0.717, 1.165) is 28.1 Å². The smallest absolute Gasteiger partial charge is 0.241 e. The van der Waals surface area contributed by atoms with Gasteiger partial charge in [-0.05, 0) is 41.4 Å². The average molecular weight is 510 g/mol. The number of nitrogens with one attached hydrogen (secondary N) is 2. The Kier molecular flexibility index (Phi) is 7.71. The molecule has 10 nitrogen and oxygen atoms in total. The molecule has 0 bridgehead atoms. The van der Waals surface area contributed by atoms with Crippen molar-refractivity contribution in [3.63, 3.8) is 0 Å². The highest BCUT2D eigenvalue weighted by Crippen LogP contribution is 2.44. The Balaban J connectivity index is 1.67. The minimum Gasteiger partial charge on any atom is -0.495 e. The summed E-state index contributed by atoms with van der Waals surface area (Å²) < 4.78 is 26.5. The zero-order chi connectivity index (χ0) is 25.7.